The van der Waals surface area contributed by atoms with E-state index >= 15 is 0 Å². The summed E-state index contributed by atoms with van der Waals surface area (Å²) in [5.74, 6) is -0.667. The molecule has 1 saturated heterocycles. The van der Waals surface area contributed by atoms with Crippen molar-refractivity contribution in [2.75, 3.05) is 45.2 Å². The van der Waals surface area contributed by atoms with Gasteiger partial charge in [-0.05, 0) is 35.4 Å². The van der Waals surface area contributed by atoms with Crippen molar-refractivity contribution in [2.45, 2.75) is 6.54 Å². The summed E-state index contributed by atoms with van der Waals surface area (Å²) in [7, 11) is 1.33. The van der Waals surface area contributed by atoms with E-state index < -0.39 is 5.97 Å². The fourth-order valence-electron chi connectivity index (χ4n) is 3.97. The third-order valence-corrected chi connectivity index (χ3v) is 7.70. The number of hydrogen-bond donors (Lipinski definition) is 1. The van der Waals surface area contributed by atoms with Gasteiger partial charge in [-0.15, -0.1) is 11.3 Å². The number of nitrogens with zero attached hydrogens (tertiary/aromatic N) is 2. The average Bonchev–Trinajstić information content (AvgIpc) is 3.26. The Balaban J connectivity index is 1.35. The van der Waals surface area contributed by atoms with Crippen LogP contribution in [0, 0.1) is 0 Å². The Bertz CT molecular complexity index is 1210. The highest BCUT2D eigenvalue weighted by atomic mass is 35.5. The van der Waals surface area contributed by atoms with E-state index in [0.717, 1.165) is 43.9 Å². The molecular weight excluding hydrogens is 529 g/mol. The number of carbonyl (C=O) groups is 2. The Morgan fingerprint density at radius 2 is 1.66 bits per heavy atom. The maximum Gasteiger partial charge on any atom is 0.341 e. The molecule has 0 bridgehead atoms. The van der Waals surface area contributed by atoms with Crippen LogP contribution >= 0.6 is 46.1 Å². The molecule has 1 aromatic heterocycles. The normalized spacial score (nSPS) is 14.6. The number of hydrogen-bond acceptors (Lipinski definition) is 6. The second kappa shape index (κ2) is 11.7. The first-order chi connectivity index (χ1) is 16.8. The minimum Gasteiger partial charge on any atom is -0.465 e. The Hall–Kier alpha value is -2.13. The molecule has 1 aliphatic heterocycles. The van der Waals surface area contributed by atoms with Gasteiger partial charge in [-0.25, -0.2) is 4.79 Å². The number of ether oxygens (including phenoxy) is 1. The third kappa shape index (κ3) is 6.55. The van der Waals surface area contributed by atoms with Gasteiger partial charge in [0.05, 0.1) is 23.7 Å². The molecule has 4 rings (SSSR count). The molecule has 1 amide bonds. The number of esters is 1. The molecule has 1 N–H and O–H groups in total. The largest absolute Gasteiger partial charge is 0.465 e. The van der Waals surface area contributed by atoms with Gasteiger partial charge in [0.2, 0.25) is 5.91 Å². The molecule has 0 unspecified atom stereocenters. The van der Waals surface area contributed by atoms with Crippen LogP contribution in [0.15, 0.2) is 47.8 Å². The van der Waals surface area contributed by atoms with Gasteiger partial charge < -0.3 is 10.1 Å². The highest BCUT2D eigenvalue weighted by Crippen LogP contribution is 2.36. The van der Waals surface area contributed by atoms with Gasteiger partial charge in [0.25, 0.3) is 0 Å². The Morgan fingerprint density at radius 3 is 2.31 bits per heavy atom. The number of halogens is 3. The number of piperazine rings is 1. The standard InChI is InChI=1S/C25H24Cl3N3O3S/c1-34-25(33)23-19(17-3-5-18(26)6-4-17)15-35-24(23)29-22(32)14-31-10-8-30(9-11-31)13-16-2-7-20(27)21(28)12-16/h2-7,12,15H,8-11,13-14H2,1H3,(H,29,32). The van der Waals surface area contributed by atoms with Crippen molar-refractivity contribution in [3.8, 4) is 11.1 Å². The lowest BCUT2D eigenvalue weighted by Gasteiger charge is -2.34. The number of carbonyl (C=O) groups excluding carboxylic acids is 2. The number of methoxy groups -OCH3 is 1. The number of nitrogens with one attached hydrogen (secondary N) is 1. The van der Waals surface area contributed by atoms with Crippen molar-refractivity contribution in [1.29, 1.82) is 0 Å². The molecule has 6 nitrogen and oxygen atoms in total. The molecule has 0 aliphatic carbocycles. The summed E-state index contributed by atoms with van der Waals surface area (Å²) in [5, 5.41) is 6.93. The number of anilines is 1. The molecule has 1 fully saturated rings. The lowest BCUT2D eigenvalue weighted by atomic mass is 10.0. The van der Waals surface area contributed by atoms with Crippen LogP contribution in [0.1, 0.15) is 15.9 Å². The van der Waals surface area contributed by atoms with E-state index in [1.54, 1.807) is 12.1 Å². The maximum absolute atomic E-state index is 12.8. The predicted octanol–water partition coefficient (Wildman–Crippen LogP) is 5.92. The molecule has 184 valence electrons. The summed E-state index contributed by atoms with van der Waals surface area (Å²) in [5.41, 5.74) is 2.98. The summed E-state index contributed by atoms with van der Waals surface area (Å²) < 4.78 is 4.99. The van der Waals surface area contributed by atoms with E-state index in [-0.39, 0.29) is 12.5 Å². The van der Waals surface area contributed by atoms with E-state index in [9.17, 15) is 9.59 Å². The maximum atomic E-state index is 12.8. The molecule has 0 atom stereocenters. The van der Waals surface area contributed by atoms with E-state index in [0.29, 0.717) is 31.2 Å². The monoisotopic (exact) mass is 551 g/mol. The molecule has 0 spiro atoms. The lowest BCUT2D eigenvalue weighted by molar-refractivity contribution is -0.117. The smallest absolute Gasteiger partial charge is 0.341 e. The molecule has 0 saturated carbocycles. The summed E-state index contributed by atoms with van der Waals surface area (Å²) in [6.45, 7) is 4.22. The van der Waals surface area contributed by atoms with Crippen molar-refractivity contribution in [1.82, 2.24) is 9.80 Å². The SMILES string of the molecule is COC(=O)c1c(-c2ccc(Cl)cc2)csc1NC(=O)CN1CCN(Cc2ccc(Cl)c(Cl)c2)CC1. The van der Waals surface area contributed by atoms with Gasteiger partial charge in [0, 0.05) is 48.7 Å². The van der Waals surface area contributed by atoms with Crippen molar-refractivity contribution >= 4 is 63.0 Å². The van der Waals surface area contributed by atoms with Crippen LogP contribution in [-0.4, -0.2) is 61.5 Å². The van der Waals surface area contributed by atoms with E-state index in [2.05, 4.69) is 15.1 Å². The molecule has 0 radical (unpaired) electrons. The molecule has 3 aromatic rings. The highest BCUT2D eigenvalue weighted by molar-refractivity contribution is 7.15. The van der Waals surface area contributed by atoms with Gasteiger partial charge in [-0.2, -0.15) is 0 Å². The molecule has 10 heteroatoms. The second-order valence-corrected chi connectivity index (χ2v) is 10.3. The summed E-state index contributed by atoms with van der Waals surface area (Å²) in [6.07, 6.45) is 0. The number of thiophene rings is 1. The number of amides is 1. The summed E-state index contributed by atoms with van der Waals surface area (Å²) in [6, 6.07) is 12.9. The molecule has 35 heavy (non-hydrogen) atoms. The van der Waals surface area contributed by atoms with Crippen LogP contribution in [0.2, 0.25) is 15.1 Å². The zero-order valence-corrected chi connectivity index (χ0v) is 22.1. The second-order valence-electron chi connectivity index (χ2n) is 8.20. The van der Waals surface area contributed by atoms with Crippen molar-refractivity contribution in [3.63, 3.8) is 0 Å². The number of benzene rings is 2. The van der Waals surface area contributed by atoms with E-state index in [4.69, 9.17) is 39.5 Å². The zero-order chi connectivity index (χ0) is 24.9. The fourth-order valence-corrected chi connectivity index (χ4v) is 5.39. The third-order valence-electron chi connectivity index (χ3n) is 5.81. The number of rotatable bonds is 7. The highest BCUT2D eigenvalue weighted by Gasteiger charge is 2.24. The zero-order valence-electron chi connectivity index (χ0n) is 19.0. The van der Waals surface area contributed by atoms with Crippen LogP contribution < -0.4 is 5.32 Å². The van der Waals surface area contributed by atoms with Crippen LogP contribution in [-0.2, 0) is 16.1 Å². The Kier molecular flexibility index (Phi) is 8.70. The molecule has 2 aromatic carbocycles. The first-order valence-corrected chi connectivity index (χ1v) is 13.0. The molecule has 2 heterocycles. The Labute approximate surface area is 223 Å². The molecular formula is C25H24Cl3N3O3S. The average molecular weight is 553 g/mol. The summed E-state index contributed by atoms with van der Waals surface area (Å²) >= 11 is 19.4. The van der Waals surface area contributed by atoms with Crippen LogP contribution in [0.4, 0.5) is 5.00 Å². The van der Waals surface area contributed by atoms with Crippen LogP contribution in [0.25, 0.3) is 11.1 Å². The minimum atomic E-state index is -0.498. The van der Waals surface area contributed by atoms with Gasteiger partial charge in [0.15, 0.2) is 0 Å². The quantitative estimate of drug-likeness (QED) is 0.369. The fraction of sp³-hybridized carbons (Fsp3) is 0.280. The van der Waals surface area contributed by atoms with Gasteiger partial charge in [0.1, 0.15) is 10.6 Å². The topological polar surface area (TPSA) is 61.9 Å². The van der Waals surface area contributed by atoms with Gasteiger partial charge in [-0.1, -0.05) is 53.0 Å². The van der Waals surface area contributed by atoms with Gasteiger partial charge >= 0.3 is 5.97 Å². The van der Waals surface area contributed by atoms with Crippen LogP contribution in [0.5, 0.6) is 0 Å². The first kappa shape index (κ1) is 25.9. The lowest BCUT2D eigenvalue weighted by Crippen LogP contribution is -2.48. The van der Waals surface area contributed by atoms with E-state index in [1.807, 2.05) is 35.7 Å². The minimum absolute atomic E-state index is 0.169. The van der Waals surface area contributed by atoms with Crippen molar-refractivity contribution in [3.05, 3.63) is 74.0 Å². The van der Waals surface area contributed by atoms with Crippen molar-refractivity contribution in [2.24, 2.45) is 0 Å². The molecule has 1 aliphatic rings. The van der Waals surface area contributed by atoms with Gasteiger partial charge in [-0.3, -0.25) is 14.6 Å². The Morgan fingerprint density at radius 1 is 0.971 bits per heavy atom. The van der Waals surface area contributed by atoms with E-state index in [1.165, 1.54) is 18.4 Å². The van der Waals surface area contributed by atoms with Crippen molar-refractivity contribution < 1.29 is 14.3 Å². The summed E-state index contributed by atoms with van der Waals surface area (Å²) in [4.78, 5) is 29.8. The van der Waals surface area contributed by atoms with Crippen LogP contribution in [0.3, 0.4) is 0 Å². The predicted molar refractivity (Wildman–Crippen MR) is 143 cm³/mol. The first-order valence-electron chi connectivity index (χ1n) is 11.0.